The van der Waals surface area contributed by atoms with Gasteiger partial charge in [-0.2, -0.15) is 0 Å². The zero-order chi connectivity index (χ0) is 19.5. The van der Waals surface area contributed by atoms with Gasteiger partial charge >= 0.3 is 0 Å². The minimum atomic E-state index is -0.0643. The van der Waals surface area contributed by atoms with Crippen LogP contribution in [0.5, 0.6) is 0 Å². The second kappa shape index (κ2) is 7.44. The van der Waals surface area contributed by atoms with E-state index in [4.69, 9.17) is 0 Å². The number of benzene rings is 2. The van der Waals surface area contributed by atoms with Crippen molar-refractivity contribution in [2.24, 2.45) is 0 Å². The van der Waals surface area contributed by atoms with Gasteiger partial charge in [0.1, 0.15) is 12.1 Å². The molecule has 0 unspecified atom stereocenters. The number of aromatic nitrogens is 4. The summed E-state index contributed by atoms with van der Waals surface area (Å²) in [6.07, 6.45) is 3.28. The van der Waals surface area contributed by atoms with E-state index < -0.39 is 0 Å². The van der Waals surface area contributed by atoms with Crippen LogP contribution in [-0.4, -0.2) is 32.5 Å². The Morgan fingerprint density at radius 3 is 2.43 bits per heavy atom. The van der Waals surface area contributed by atoms with Gasteiger partial charge in [-0.05, 0) is 18.2 Å². The molecule has 1 amide bonds. The Kier molecular flexibility index (Phi) is 4.68. The quantitative estimate of drug-likeness (QED) is 0.537. The van der Waals surface area contributed by atoms with Crippen LogP contribution in [0.25, 0.3) is 28.6 Å². The zero-order valence-corrected chi connectivity index (χ0v) is 15.5. The topological polar surface area (TPSA) is 63.9 Å². The van der Waals surface area contributed by atoms with E-state index in [0.29, 0.717) is 22.7 Å². The number of para-hydroxylation sites is 1. The summed E-state index contributed by atoms with van der Waals surface area (Å²) in [6.45, 7) is 3.97. The monoisotopic (exact) mass is 369 g/mol. The molecule has 0 aliphatic heterocycles. The molecular formula is C22H19N5O. The first-order chi connectivity index (χ1) is 13.7. The standard InChI is InChI=1S/C22H19N5O/c1-3-18-20-22(25-21(24-18)16-10-6-4-7-11-16)27(15-23-20)14-19(28)26(2)17-12-8-5-9-13-17/h3-13,15H,1,14H2,2H3. The molecule has 6 heteroatoms. The van der Waals surface area contributed by atoms with Gasteiger partial charge in [0.25, 0.3) is 0 Å². The molecule has 0 spiro atoms. The minimum Gasteiger partial charge on any atom is -0.314 e. The normalized spacial score (nSPS) is 10.8. The third kappa shape index (κ3) is 3.27. The molecule has 4 rings (SSSR count). The lowest BCUT2D eigenvalue weighted by Crippen LogP contribution is -2.29. The second-order valence-electron chi connectivity index (χ2n) is 6.34. The molecule has 0 atom stereocenters. The Bertz CT molecular complexity index is 1140. The van der Waals surface area contributed by atoms with E-state index in [1.807, 2.05) is 60.7 Å². The highest BCUT2D eigenvalue weighted by Crippen LogP contribution is 2.22. The lowest BCUT2D eigenvalue weighted by Gasteiger charge is -2.17. The number of likely N-dealkylation sites (N-methyl/N-ethyl adjacent to an activating group) is 1. The van der Waals surface area contributed by atoms with Gasteiger partial charge in [-0.3, -0.25) is 4.79 Å². The van der Waals surface area contributed by atoms with Gasteiger partial charge < -0.3 is 9.47 Å². The number of anilines is 1. The summed E-state index contributed by atoms with van der Waals surface area (Å²) < 4.78 is 1.75. The summed E-state index contributed by atoms with van der Waals surface area (Å²) in [5.74, 6) is 0.513. The smallest absolute Gasteiger partial charge is 0.246 e. The number of nitrogens with zero attached hydrogens (tertiary/aromatic N) is 5. The lowest BCUT2D eigenvalue weighted by molar-refractivity contribution is -0.118. The summed E-state index contributed by atoms with van der Waals surface area (Å²) in [5.41, 5.74) is 3.62. The zero-order valence-electron chi connectivity index (χ0n) is 15.5. The van der Waals surface area contributed by atoms with E-state index >= 15 is 0 Å². The largest absolute Gasteiger partial charge is 0.314 e. The van der Waals surface area contributed by atoms with E-state index in [2.05, 4.69) is 21.5 Å². The maximum absolute atomic E-state index is 12.8. The molecule has 0 bridgehead atoms. The van der Waals surface area contributed by atoms with Crippen LogP contribution in [0.15, 0.2) is 73.6 Å². The third-order valence-corrected chi connectivity index (χ3v) is 4.54. The number of fused-ring (bicyclic) bond motifs is 1. The highest BCUT2D eigenvalue weighted by molar-refractivity contribution is 5.93. The number of rotatable bonds is 5. The molecule has 0 fully saturated rings. The van der Waals surface area contributed by atoms with Crippen molar-refractivity contribution >= 4 is 28.8 Å². The van der Waals surface area contributed by atoms with Crippen LogP contribution in [0.1, 0.15) is 5.69 Å². The summed E-state index contributed by atoms with van der Waals surface area (Å²) in [5, 5.41) is 0. The number of carbonyl (C=O) groups excluding carboxylic acids is 1. The van der Waals surface area contributed by atoms with Crippen molar-refractivity contribution in [3.8, 4) is 11.4 Å². The fourth-order valence-corrected chi connectivity index (χ4v) is 2.99. The van der Waals surface area contributed by atoms with Gasteiger partial charge in [0.05, 0.1) is 12.0 Å². The molecule has 2 aromatic carbocycles. The average molecular weight is 369 g/mol. The molecule has 6 nitrogen and oxygen atoms in total. The lowest BCUT2D eigenvalue weighted by atomic mass is 10.2. The Labute approximate surface area is 162 Å². The molecule has 0 N–H and O–H groups in total. The minimum absolute atomic E-state index is 0.0643. The highest BCUT2D eigenvalue weighted by atomic mass is 16.2. The van der Waals surface area contributed by atoms with Crippen molar-refractivity contribution in [3.05, 3.63) is 79.3 Å². The van der Waals surface area contributed by atoms with Crippen LogP contribution in [0, 0.1) is 0 Å². The Morgan fingerprint density at radius 1 is 1.07 bits per heavy atom. The fraction of sp³-hybridized carbons (Fsp3) is 0.0909. The first-order valence-corrected chi connectivity index (χ1v) is 8.89. The van der Waals surface area contributed by atoms with E-state index in [9.17, 15) is 4.79 Å². The SMILES string of the molecule is C=Cc1nc(-c2ccccc2)nc2c1ncn2CC(=O)N(C)c1ccccc1. The van der Waals surface area contributed by atoms with Crippen LogP contribution < -0.4 is 4.90 Å². The Balaban J connectivity index is 1.72. The van der Waals surface area contributed by atoms with E-state index in [-0.39, 0.29) is 12.5 Å². The van der Waals surface area contributed by atoms with E-state index in [0.717, 1.165) is 11.3 Å². The van der Waals surface area contributed by atoms with Crippen molar-refractivity contribution in [1.82, 2.24) is 19.5 Å². The molecule has 2 heterocycles. The van der Waals surface area contributed by atoms with E-state index in [1.165, 1.54) is 0 Å². The molecule has 138 valence electrons. The maximum atomic E-state index is 12.8. The van der Waals surface area contributed by atoms with Gasteiger partial charge in [-0.15, -0.1) is 0 Å². The molecule has 4 aromatic rings. The van der Waals surface area contributed by atoms with Crippen molar-refractivity contribution < 1.29 is 4.79 Å². The second-order valence-corrected chi connectivity index (χ2v) is 6.34. The van der Waals surface area contributed by atoms with Crippen LogP contribution in [0.3, 0.4) is 0 Å². The molecule has 2 aromatic heterocycles. The van der Waals surface area contributed by atoms with Crippen molar-refractivity contribution in [2.45, 2.75) is 6.54 Å². The van der Waals surface area contributed by atoms with Gasteiger partial charge in [0, 0.05) is 18.3 Å². The predicted octanol–water partition coefficient (Wildman–Crippen LogP) is 3.80. The van der Waals surface area contributed by atoms with E-state index in [1.54, 1.807) is 28.9 Å². The molecule has 0 saturated carbocycles. The number of hydrogen-bond acceptors (Lipinski definition) is 4. The predicted molar refractivity (Wildman–Crippen MR) is 111 cm³/mol. The average Bonchev–Trinajstić information content (AvgIpc) is 3.16. The molecular weight excluding hydrogens is 350 g/mol. The third-order valence-electron chi connectivity index (χ3n) is 4.54. The highest BCUT2D eigenvalue weighted by Gasteiger charge is 2.17. The number of imidazole rings is 1. The van der Waals surface area contributed by atoms with Crippen molar-refractivity contribution in [2.75, 3.05) is 11.9 Å². The van der Waals surface area contributed by atoms with Crippen molar-refractivity contribution in [3.63, 3.8) is 0 Å². The van der Waals surface area contributed by atoms with Crippen LogP contribution in [0.2, 0.25) is 0 Å². The van der Waals surface area contributed by atoms with Crippen LogP contribution in [-0.2, 0) is 11.3 Å². The van der Waals surface area contributed by atoms with Crippen molar-refractivity contribution in [1.29, 1.82) is 0 Å². The van der Waals surface area contributed by atoms with Crippen LogP contribution >= 0.6 is 0 Å². The summed E-state index contributed by atoms with van der Waals surface area (Å²) in [7, 11) is 1.76. The summed E-state index contributed by atoms with van der Waals surface area (Å²) in [6, 6.07) is 19.2. The first-order valence-electron chi connectivity index (χ1n) is 8.89. The maximum Gasteiger partial charge on any atom is 0.246 e. The summed E-state index contributed by atoms with van der Waals surface area (Å²) in [4.78, 5) is 28.0. The first kappa shape index (κ1) is 17.6. The van der Waals surface area contributed by atoms with Gasteiger partial charge in [0.15, 0.2) is 11.5 Å². The number of carbonyl (C=O) groups is 1. The van der Waals surface area contributed by atoms with Gasteiger partial charge in [-0.25, -0.2) is 15.0 Å². The van der Waals surface area contributed by atoms with Gasteiger partial charge in [0.2, 0.25) is 5.91 Å². The number of amides is 1. The Morgan fingerprint density at radius 2 is 1.75 bits per heavy atom. The molecule has 0 aliphatic carbocycles. The summed E-state index contributed by atoms with van der Waals surface area (Å²) >= 11 is 0. The Hall–Kier alpha value is -3.80. The van der Waals surface area contributed by atoms with Crippen LogP contribution in [0.4, 0.5) is 5.69 Å². The molecule has 0 radical (unpaired) electrons. The molecule has 28 heavy (non-hydrogen) atoms. The van der Waals surface area contributed by atoms with Gasteiger partial charge in [-0.1, -0.05) is 55.1 Å². The molecule has 0 aliphatic rings. The number of hydrogen-bond donors (Lipinski definition) is 0. The fourth-order valence-electron chi connectivity index (χ4n) is 2.99. The molecule has 0 saturated heterocycles.